The van der Waals surface area contributed by atoms with E-state index in [9.17, 15) is 4.79 Å². The van der Waals surface area contributed by atoms with Crippen molar-refractivity contribution in [2.75, 3.05) is 40.0 Å². The molecule has 15 heavy (non-hydrogen) atoms. The second kappa shape index (κ2) is 8.64. The lowest BCUT2D eigenvalue weighted by molar-refractivity contribution is -0.145. The lowest BCUT2D eigenvalue weighted by Gasteiger charge is -2.26. The maximum absolute atomic E-state index is 11.0. The van der Waals surface area contributed by atoms with Gasteiger partial charge < -0.3 is 14.6 Å². The molecule has 0 fully saturated rings. The molecular formula is C10H21NO4. The Balaban J connectivity index is 4.12. The molecule has 0 aliphatic heterocycles. The molecule has 0 aliphatic rings. The van der Waals surface area contributed by atoms with Crippen molar-refractivity contribution < 1.29 is 19.4 Å². The quantitative estimate of drug-likeness (QED) is 0.570. The van der Waals surface area contributed by atoms with Crippen LogP contribution in [0.1, 0.15) is 13.8 Å². The van der Waals surface area contributed by atoms with E-state index in [2.05, 4.69) is 0 Å². The molecule has 1 N–H and O–H groups in total. The average molecular weight is 219 g/mol. The molecule has 0 radical (unpaired) electrons. The fourth-order valence-corrected chi connectivity index (χ4v) is 1.35. The van der Waals surface area contributed by atoms with Crippen molar-refractivity contribution in [2.45, 2.75) is 19.9 Å². The van der Waals surface area contributed by atoms with Crippen LogP contribution in [0.3, 0.4) is 0 Å². The molecule has 0 amide bonds. The van der Waals surface area contributed by atoms with Gasteiger partial charge in [-0.3, -0.25) is 9.69 Å². The van der Waals surface area contributed by atoms with Crippen LogP contribution in [-0.4, -0.2) is 62.0 Å². The Morgan fingerprint density at radius 2 is 2.13 bits per heavy atom. The Kier molecular flexibility index (Phi) is 8.27. The standard InChI is InChI=1S/C10H21NO4/c1-4-11(6-7-15-5-2)9(8-14-3)10(12)13/h9H,4-8H2,1-3H3,(H,12,13). The highest BCUT2D eigenvalue weighted by Crippen LogP contribution is 2.00. The highest BCUT2D eigenvalue weighted by atomic mass is 16.5. The van der Waals surface area contributed by atoms with Gasteiger partial charge in [0.1, 0.15) is 6.04 Å². The molecule has 5 nitrogen and oxygen atoms in total. The molecule has 1 unspecified atom stereocenters. The smallest absolute Gasteiger partial charge is 0.323 e. The highest BCUT2D eigenvalue weighted by Gasteiger charge is 2.23. The van der Waals surface area contributed by atoms with Crippen LogP contribution < -0.4 is 0 Å². The Bertz CT molecular complexity index is 175. The summed E-state index contributed by atoms with van der Waals surface area (Å²) >= 11 is 0. The third-order valence-corrected chi connectivity index (χ3v) is 2.18. The molecule has 0 spiro atoms. The van der Waals surface area contributed by atoms with Gasteiger partial charge >= 0.3 is 5.97 Å². The van der Waals surface area contributed by atoms with Crippen molar-refractivity contribution in [3.63, 3.8) is 0 Å². The van der Waals surface area contributed by atoms with Crippen LogP contribution in [0.5, 0.6) is 0 Å². The minimum Gasteiger partial charge on any atom is -0.480 e. The zero-order valence-electron chi connectivity index (χ0n) is 9.73. The minimum absolute atomic E-state index is 0.204. The first-order chi connectivity index (χ1) is 7.17. The Morgan fingerprint density at radius 1 is 1.47 bits per heavy atom. The lowest BCUT2D eigenvalue weighted by atomic mass is 10.2. The first kappa shape index (κ1) is 14.3. The molecule has 1 atom stereocenters. The number of hydrogen-bond acceptors (Lipinski definition) is 4. The van der Waals surface area contributed by atoms with Gasteiger partial charge in [-0.25, -0.2) is 0 Å². The van der Waals surface area contributed by atoms with Crippen LogP contribution in [0.25, 0.3) is 0 Å². The second-order valence-corrected chi connectivity index (χ2v) is 3.13. The van der Waals surface area contributed by atoms with Gasteiger partial charge in [0.05, 0.1) is 13.2 Å². The normalized spacial score (nSPS) is 13.1. The van der Waals surface area contributed by atoms with E-state index in [-0.39, 0.29) is 6.61 Å². The van der Waals surface area contributed by atoms with Gasteiger partial charge in [-0.05, 0) is 13.5 Å². The van der Waals surface area contributed by atoms with Gasteiger partial charge in [-0.2, -0.15) is 0 Å². The monoisotopic (exact) mass is 219 g/mol. The van der Waals surface area contributed by atoms with Crippen LogP contribution in [0.4, 0.5) is 0 Å². The molecule has 0 saturated carbocycles. The molecule has 0 saturated heterocycles. The first-order valence-electron chi connectivity index (χ1n) is 5.20. The summed E-state index contributed by atoms with van der Waals surface area (Å²) in [7, 11) is 1.51. The van der Waals surface area contributed by atoms with E-state index in [1.807, 2.05) is 18.7 Å². The molecule has 0 aliphatic carbocycles. The molecule has 0 bridgehead atoms. The van der Waals surface area contributed by atoms with Crippen molar-refractivity contribution in [3.8, 4) is 0 Å². The fraction of sp³-hybridized carbons (Fsp3) is 0.900. The molecule has 90 valence electrons. The minimum atomic E-state index is -0.852. The van der Waals surface area contributed by atoms with Crippen molar-refractivity contribution in [1.29, 1.82) is 0 Å². The summed E-state index contributed by atoms with van der Waals surface area (Å²) in [6.07, 6.45) is 0. The average Bonchev–Trinajstić information content (AvgIpc) is 2.22. The van der Waals surface area contributed by atoms with E-state index in [0.717, 1.165) is 0 Å². The summed E-state index contributed by atoms with van der Waals surface area (Å²) in [5.41, 5.74) is 0. The van der Waals surface area contributed by atoms with E-state index >= 15 is 0 Å². The topological polar surface area (TPSA) is 59.0 Å². The molecule has 5 heteroatoms. The number of hydrogen-bond donors (Lipinski definition) is 1. The predicted molar refractivity (Wildman–Crippen MR) is 57.0 cm³/mol. The van der Waals surface area contributed by atoms with Gasteiger partial charge in [-0.15, -0.1) is 0 Å². The molecule has 0 heterocycles. The number of rotatable bonds is 9. The largest absolute Gasteiger partial charge is 0.480 e. The van der Waals surface area contributed by atoms with Crippen molar-refractivity contribution in [2.24, 2.45) is 0 Å². The number of carboxylic acids is 1. The van der Waals surface area contributed by atoms with E-state index in [1.54, 1.807) is 0 Å². The van der Waals surface area contributed by atoms with Gasteiger partial charge in [0, 0.05) is 20.3 Å². The van der Waals surface area contributed by atoms with Crippen molar-refractivity contribution >= 4 is 5.97 Å². The van der Waals surface area contributed by atoms with Crippen molar-refractivity contribution in [1.82, 2.24) is 4.90 Å². The fourth-order valence-electron chi connectivity index (χ4n) is 1.35. The lowest BCUT2D eigenvalue weighted by Crippen LogP contribution is -2.45. The first-order valence-corrected chi connectivity index (χ1v) is 5.20. The van der Waals surface area contributed by atoms with E-state index in [4.69, 9.17) is 14.6 Å². The third-order valence-electron chi connectivity index (χ3n) is 2.18. The summed E-state index contributed by atoms with van der Waals surface area (Å²) in [5, 5.41) is 9.00. The number of methoxy groups -OCH3 is 1. The molecule has 0 aromatic rings. The Morgan fingerprint density at radius 3 is 2.53 bits per heavy atom. The molecule has 0 rings (SSSR count). The van der Waals surface area contributed by atoms with E-state index in [0.29, 0.717) is 26.3 Å². The number of carboxylic acid groups (broad SMARTS) is 1. The van der Waals surface area contributed by atoms with Gasteiger partial charge in [-0.1, -0.05) is 6.92 Å². The summed E-state index contributed by atoms with van der Waals surface area (Å²) in [6.45, 7) is 6.54. The number of aliphatic carboxylic acids is 1. The summed E-state index contributed by atoms with van der Waals surface area (Å²) in [6, 6.07) is -0.583. The van der Waals surface area contributed by atoms with Crippen LogP contribution >= 0.6 is 0 Å². The Hall–Kier alpha value is -0.650. The highest BCUT2D eigenvalue weighted by molar-refractivity contribution is 5.73. The van der Waals surface area contributed by atoms with Gasteiger partial charge in [0.25, 0.3) is 0 Å². The van der Waals surface area contributed by atoms with E-state index < -0.39 is 12.0 Å². The maximum Gasteiger partial charge on any atom is 0.323 e. The molecule has 0 aromatic carbocycles. The summed E-state index contributed by atoms with van der Waals surface area (Å²) < 4.78 is 10.1. The van der Waals surface area contributed by atoms with E-state index in [1.165, 1.54) is 7.11 Å². The maximum atomic E-state index is 11.0. The Labute approximate surface area is 91.0 Å². The zero-order chi connectivity index (χ0) is 11.7. The van der Waals surface area contributed by atoms with Crippen LogP contribution in [0.15, 0.2) is 0 Å². The number of nitrogens with zero attached hydrogens (tertiary/aromatic N) is 1. The van der Waals surface area contributed by atoms with Gasteiger partial charge in [0.2, 0.25) is 0 Å². The molecule has 0 aromatic heterocycles. The van der Waals surface area contributed by atoms with Crippen molar-refractivity contribution in [3.05, 3.63) is 0 Å². The SMILES string of the molecule is CCOCCN(CC)C(COC)C(=O)O. The number of ether oxygens (including phenoxy) is 2. The third kappa shape index (κ3) is 5.71. The van der Waals surface area contributed by atoms with Crippen LogP contribution in [-0.2, 0) is 14.3 Å². The zero-order valence-corrected chi connectivity index (χ0v) is 9.73. The summed E-state index contributed by atoms with van der Waals surface area (Å²) in [5.74, 6) is -0.852. The van der Waals surface area contributed by atoms with Gasteiger partial charge in [0.15, 0.2) is 0 Å². The van der Waals surface area contributed by atoms with Crippen LogP contribution in [0.2, 0.25) is 0 Å². The second-order valence-electron chi connectivity index (χ2n) is 3.13. The number of likely N-dealkylation sites (N-methyl/N-ethyl adjacent to an activating group) is 1. The number of carbonyl (C=O) groups is 1. The molecular weight excluding hydrogens is 198 g/mol. The van der Waals surface area contributed by atoms with Crippen LogP contribution in [0, 0.1) is 0 Å². The predicted octanol–water partition coefficient (Wildman–Crippen LogP) is 0.444. The summed E-state index contributed by atoms with van der Waals surface area (Å²) in [4.78, 5) is 12.8.